The number of nitrogens with zero attached hydrogens (tertiary/aromatic N) is 4. The molecule has 2 aromatic rings. The van der Waals surface area contributed by atoms with Crippen LogP contribution < -0.4 is 0 Å². The number of carbonyl (C=O) groups is 2. The topological polar surface area (TPSA) is 107 Å². The second-order valence-electron chi connectivity index (χ2n) is 10.4. The van der Waals surface area contributed by atoms with E-state index in [1.54, 1.807) is 16.0 Å². The number of carbonyl (C=O) groups excluding carboxylic acids is 1. The van der Waals surface area contributed by atoms with Crippen LogP contribution in [0.5, 0.6) is 0 Å². The van der Waals surface area contributed by atoms with Crippen molar-refractivity contribution < 1.29 is 19.4 Å². The van der Waals surface area contributed by atoms with Crippen LogP contribution in [0.4, 0.5) is 9.59 Å². The van der Waals surface area contributed by atoms with E-state index in [0.29, 0.717) is 36.6 Å². The molecule has 3 aliphatic rings. The Morgan fingerprint density at radius 1 is 1.10 bits per heavy atom. The fraction of sp³-hybridized carbons (Fsp3) is 0.484. The van der Waals surface area contributed by atoms with Crippen LogP contribution in [0.25, 0.3) is 5.57 Å². The fourth-order valence-corrected chi connectivity index (χ4v) is 6.02. The van der Waals surface area contributed by atoms with Crippen LogP contribution in [0, 0.1) is 11.3 Å². The Bertz CT molecular complexity index is 1310. The molecule has 0 bridgehead atoms. The summed E-state index contributed by atoms with van der Waals surface area (Å²) in [6.45, 7) is 6.58. The minimum atomic E-state index is -0.855. The highest BCUT2D eigenvalue weighted by Crippen LogP contribution is 2.40. The van der Waals surface area contributed by atoms with Gasteiger partial charge in [0.05, 0.1) is 17.9 Å². The second kappa shape index (κ2) is 13.7. The van der Waals surface area contributed by atoms with E-state index in [1.807, 2.05) is 32.0 Å². The van der Waals surface area contributed by atoms with Crippen molar-refractivity contribution in [3.63, 3.8) is 0 Å². The molecule has 1 aliphatic carbocycles. The van der Waals surface area contributed by atoms with Crippen LogP contribution in [-0.2, 0) is 17.6 Å². The summed E-state index contributed by atoms with van der Waals surface area (Å²) in [6, 6.07) is 10.0. The van der Waals surface area contributed by atoms with Gasteiger partial charge in [0.15, 0.2) is 0 Å². The van der Waals surface area contributed by atoms with E-state index in [-0.39, 0.29) is 12.1 Å². The summed E-state index contributed by atoms with van der Waals surface area (Å²) in [6.07, 6.45) is 7.89. The smallest absolute Gasteiger partial charge is 0.409 e. The number of likely N-dealkylation sites (tertiary alicyclic amines) is 2. The molecule has 212 valence electrons. The predicted molar refractivity (Wildman–Crippen MR) is 154 cm³/mol. The number of rotatable bonds is 2. The first-order chi connectivity index (χ1) is 19.4. The number of aryl methyl sites for hydroxylation is 2. The van der Waals surface area contributed by atoms with Gasteiger partial charge < -0.3 is 19.6 Å². The first kappa shape index (κ1) is 29.4. The maximum absolute atomic E-state index is 11.6. The highest BCUT2D eigenvalue weighted by molar-refractivity contribution is 6.30. The summed E-state index contributed by atoms with van der Waals surface area (Å²) in [4.78, 5) is 30.7. The number of hydrogen-bond acceptors (Lipinski definition) is 5. The molecule has 1 aromatic carbocycles. The number of carboxylic acid groups (broad SMARTS) is 1. The molecular formula is C31H37ClN4O4. The molecule has 5 rings (SSSR count). The molecule has 1 N–H and O–H groups in total. The maximum Gasteiger partial charge on any atom is 0.409 e. The van der Waals surface area contributed by atoms with E-state index in [2.05, 4.69) is 17.1 Å². The zero-order valence-electron chi connectivity index (χ0n) is 23.3. The molecule has 2 saturated heterocycles. The number of hydrogen-bond donors (Lipinski definition) is 1. The number of nitriles is 1. The lowest BCUT2D eigenvalue weighted by molar-refractivity contribution is 0.0997. The van der Waals surface area contributed by atoms with Gasteiger partial charge in [-0.1, -0.05) is 30.2 Å². The van der Waals surface area contributed by atoms with Gasteiger partial charge in [-0.3, -0.25) is 4.98 Å². The number of aromatic nitrogens is 1. The second-order valence-corrected chi connectivity index (χ2v) is 10.8. The minimum absolute atomic E-state index is 0.0374. The third kappa shape index (κ3) is 6.76. The summed E-state index contributed by atoms with van der Waals surface area (Å²) in [7, 11) is 0. The Labute approximate surface area is 241 Å². The average molecular weight is 565 g/mol. The lowest BCUT2D eigenvalue weighted by atomic mass is 9.85. The van der Waals surface area contributed by atoms with E-state index in [0.717, 1.165) is 67.6 Å². The van der Waals surface area contributed by atoms with Crippen molar-refractivity contribution in [1.29, 1.82) is 5.26 Å². The van der Waals surface area contributed by atoms with E-state index in [9.17, 15) is 20.0 Å². The highest BCUT2D eigenvalue weighted by atomic mass is 35.5. The zero-order valence-corrected chi connectivity index (χ0v) is 24.0. The molecule has 0 spiro atoms. The molecule has 1 aromatic heterocycles. The van der Waals surface area contributed by atoms with Gasteiger partial charge >= 0.3 is 12.2 Å². The largest absolute Gasteiger partial charge is 0.465 e. The Morgan fingerprint density at radius 3 is 2.52 bits per heavy atom. The Kier molecular flexibility index (Phi) is 10.1. The molecule has 2 fully saturated rings. The summed E-state index contributed by atoms with van der Waals surface area (Å²) in [5.74, 6) is 0. The molecule has 9 heteroatoms. The van der Waals surface area contributed by atoms with E-state index in [1.165, 1.54) is 17.6 Å². The van der Waals surface area contributed by atoms with Gasteiger partial charge in [0.2, 0.25) is 0 Å². The number of ether oxygens (including phenoxy) is 1. The van der Waals surface area contributed by atoms with Crippen molar-refractivity contribution in [3.8, 4) is 6.07 Å². The van der Waals surface area contributed by atoms with Gasteiger partial charge in [-0.25, -0.2) is 9.59 Å². The van der Waals surface area contributed by atoms with Crippen molar-refractivity contribution in [2.75, 3.05) is 26.2 Å². The molecule has 40 heavy (non-hydrogen) atoms. The normalized spacial score (nSPS) is 20.2. The van der Waals surface area contributed by atoms with E-state index >= 15 is 0 Å². The molecule has 1 unspecified atom stereocenters. The zero-order chi connectivity index (χ0) is 28.6. The maximum atomic E-state index is 11.6. The molecule has 2 amide bonds. The SMILES string of the molecule is CCC1CC(=C2c3ccc(Cl)cc3CCc3cc(C#N)cnc32)CCN1C(=O)O.CCOC(=O)N1CCCCC1. The number of halogens is 1. The molecular weight excluding hydrogens is 528 g/mol. The Hall–Kier alpha value is -3.57. The number of pyridine rings is 1. The third-order valence-corrected chi connectivity index (χ3v) is 8.10. The number of piperidine rings is 2. The average Bonchev–Trinajstić information content (AvgIpc) is 3.13. The van der Waals surface area contributed by atoms with Gasteiger partial charge in [0, 0.05) is 42.5 Å². The Morgan fingerprint density at radius 2 is 1.85 bits per heavy atom. The quantitative estimate of drug-likeness (QED) is 0.435. The van der Waals surface area contributed by atoms with E-state index in [4.69, 9.17) is 16.3 Å². The van der Waals surface area contributed by atoms with Crippen LogP contribution in [0.15, 0.2) is 36.0 Å². The van der Waals surface area contributed by atoms with Crippen molar-refractivity contribution in [3.05, 3.63) is 69.0 Å². The van der Waals surface area contributed by atoms with Gasteiger partial charge in [-0.05, 0) is 93.2 Å². The number of fused-ring (bicyclic) bond motifs is 2. The van der Waals surface area contributed by atoms with Crippen molar-refractivity contribution in [2.45, 2.75) is 71.3 Å². The van der Waals surface area contributed by atoms with Crippen LogP contribution in [-0.4, -0.2) is 64.4 Å². The van der Waals surface area contributed by atoms with Crippen molar-refractivity contribution in [1.82, 2.24) is 14.8 Å². The third-order valence-electron chi connectivity index (χ3n) is 7.86. The highest BCUT2D eigenvalue weighted by Gasteiger charge is 2.31. The predicted octanol–water partition coefficient (Wildman–Crippen LogP) is 6.69. The van der Waals surface area contributed by atoms with Gasteiger partial charge in [-0.2, -0.15) is 5.26 Å². The lowest BCUT2D eigenvalue weighted by Crippen LogP contribution is -2.43. The summed E-state index contributed by atoms with van der Waals surface area (Å²) in [5, 5.41) is 19.5. The lowest BCUT2D eigenvalue weighted by Gasteiger charge is -2.35. The standard InChI is InChI=1S/C23H22ClN3O2.C8H15NO2/c1-2-19-11-16(7-8-27(19)23(28)29)21-20-6-5-18(24)10-15(20)3-4-17-9-14(12-25)13-26-22(17)21;1-2-11-8(10)9-6-4-3-5-7-9/h5-6,9-10,13,19H,2-4,7-8,11H2,1H3,(H,28,29);2-7H2,1H3. The van der Waals surface area contributed by atoms with E-state index < -0.39 is 6.09 Å². The summed E-state index contributed by atoms with van der Waals surface area (Å²) in [5.41, 5.74) is 7.16. The number of amides is 2. The van der Waals surface area contributed by atoms with Crippen LogP contribution >= 0.6 is 11.6 Å². The molecule has 3 heterocycles. The monoisotopic (exact) mass is 564 g/mol. The van der Waals surface area contributed by atoms with Crippen LogP contribution in [0.1, 0.15) is 80.3 Å². The first-order valence-electron chi connectivity index (χ1n) is 14.2. The molecule has 1 atom stereocenters. The summed E-state index contributed by atoms with van der Waals surface area (Å²) < 4.78 is 4.87. The molecule has 0 radical (unpaired) electrons. The van der Waals surface area contributed by atoms with Crippen LogP contribution in [0.2, 0.25) is 5.02 Å². The first-order valence-corrected chi connectivity index (χ1v) is 14.6. The van der Waals surface area contributed by atoms with Gasteiger partial charge in [-0.15, -0.1) is 0 Å². The molecule has 8 nitrogen and oxygen atoms in total. The van der Waals surface area contributed by atoms with Crippen molar-refractivity contribution >= 4 is 29.4 Å². The van der Waals surface area contributed by atoms with Crippen LogP contribution in [0.3, 0.4) is 0 Å². The van der Waals surface area contributed by atoms with Gasteiger partial charge in [0.1, 0.15) is 6.07 Å². The van der Waals surface area contributed by atoms with Gasteiger partial charge in [0.25, 0.3) is 0 Å². The Balaban J connectivity index is 0.000000283. The molecule has 0 saturated carbocycles. The summed E-state index contributed by atoms with van der Waals surface area (Å²) >= 11 is 6.28. The number of benzene rings is 1. The fourth-order valence-electron chi connectivity index (χ4n) is 5.82. The molecule has 2 aliphatic heterocycles. The van der Waals surface area contributed by atoms with Crippen molar-refractivity contribution in [2.24, 2.45) is 0 Å². The minimum Gasteiger partial charge on any atom is -0.465 e.